The van der Waals surface area contributed by atoms with E-state index in [1.165, 1.54) is 0 Å². The maximum atomic E-state index is 12.7. The lowest BCUT2D eigenvalue weighted by molar-refractivity contribution is -0.124. The molecule has 3 rings (SSSR count). The number of carbonyl (C=O) groups excluding carboxylic acids is 3. The molecule has 0 bridgehead atoms. The van der Waals surface area contributed by atoms with Crippen LogP contribution in [0, 0.1) is 11.8 Å². The maximum absolute atomic E-state index is 12.7. The first-order valence-electron chi connectivity index (χ1n) is 12.1. The van der Waals surface area contributed by atoms with Crippen molar-refractivity contribution in [3.63, 3.8) is 0 Å². The van der Waals surface area contributed by atoms with E-state index in [4.69, 9.17) is 0 Å². The van der Waals surface area contributed by atoms with Crippen LogP contribution < -0.4 is 10.6 Å². The Labute approximate surface area is 212 Å². The summed E-state index contributed by atoms with van der Waals surface area (Å²) in [5.74, 6) is 4.83. The zero-order valence-electron chi connectivity index (χ0n) is 20.9. The molecule has 2 aromatic rings. The number of nitrogens with zero attached hydrogens (tertiary/aromatic N) is 2. The average Bonchev–Trinajstić information content (AvgIpc) is 2.90. The predicted molar refractivity (Wildman–Crippen MR) is 138 cm³/mol. The molecule has 0 saturated carbocycles. The molecule has 36 heavy (non-hydrogen) atoms. The molecule has 0 aliphatic carbocycles. The van der Waals surface area contributed by atoms with Crippen LogP contribution in [0.5, 0.6) is 0 Å². The molecule has 8 nitrogen and oxygen atoms in total. The van der Waals surface area contributed by atoms with Crippen LogP contribution in [0.25, 0.3) is 0 Å². The number of likely N-dealkylation sites (tertiary alicyclic amines) is 1. The third-order valence-electron chi connectivity index (χ3n) is 6.33. The number of carbonyl (C=O) groups is 3. The van der Waals surface area contributed by atoms with E-state index < -0.39 is 24.3 Å². The van der Waals surface area contributed by atoms with Gasteiger partial charge in [0.15, 0.2) is 5.78 Å². The van der Waals surface area contributed by atoms with Crippen molar-refractivity contribution in [2.24, 2.45) is 0 Å². The van der Waals surface area contributed by atoms with Crippen LogP contribution in [-0.4, -0.2) is 91.5 Å². The van der Waals surface area contributed by atoms with Gasteiger partial charge in [0.25, 0.3) is 5.91 Å². The van der Waals surface area contributed by atoms with E-state index in [0.717, 1.165) is 37.1 Å². The van der Waals surface area contributed by atoms with Crippen molar-refractivity contribution in [1.29, 1.82) is 0 Å². The summed E-state index contributed by atoms with van der Waals surface area (Å²) in [6.07, 6.45) is 2.00. The smallest absolute Gasteiger partial charge is 0.251 e. The zero-order valence-corrected chi connectivity index (χ0v) is 20.9. The first-order chi connectivity index (χ1) is 17.4. The second-order valence-electron chi connectivity index (χ2n) is 9.10. The molecule has 1 fully saturated rings. The van der Waals surface area contributed by atoms with Gasteiger partial charge in [-0.05, 0) is 76.4 Å². The highest BCUT2D eigenvalue weighted by molar-refractivity contribution is 5.98. The number of nitrogens with one attached hydrogen (secondary N) is 2. The third-order valence-corrected chi connectivity index (χ3v) is 6.33. The predicted octanol–water partition coefficient (Wildman–Crippen LogP) is 0.888. The summed E-state index contributed by atoms with van der Waals surface area (Å²) in [5.41, 5.74) is 1.99. The summed E-state index contributed by atoms with van der Waals surface area (Å²) in [4.78, 5) is 41.7. The van der Waals surface area contributed by atoms with Gasteiger partial charge >= 0.3 is 0 Å². The quantitative estimate of drug-likeness (QED) is 0.452. The van der Waals surface area contributed by atoms with Gasteiger partial charge in [-0.15, -0.1) is 0 Å². The standard InChI is InChI=1S/C28H34N4O4/c1-31-16-14-24(15-17-31)32(2)19-27(35)29-18-25(26(34)20-33)30-28(36)23-12-10-22(11-13-23)9-8-21-6-4-3-5-7-21/h3-7,10-13,24-25,33H,14-20H2,1-2H3,(H,29,35)(H,30,36)/t25-/m0/s1. The van der Waals surface area contributed by atoms with Gasteiger partial charge < -0.3 is 20.6 Å². The normalized spacial score (nSPS) is 15.0. The Morgan fingerprint density at radius 1 is 1.03 bits per heavy atom. The van der Waals surface area contributed by atoms with Crippen LogP contribution in [0.3, 0.4) is 0 Å². The maximum Gasteiger partial charge on any atom is 0.251 e. The number of Topliss-reactive ketones (excluding diaryl/α,β-unsaturated/α-hetero) is 1. The van der Waals surface area contributed by atoms with Gasteiger partial charge in [0.2, 0.25) is 5.91 Å². The number of aliphatic hydroxyl groups is 1. The van der Waals surface area contributed by atoms with Crippen molar-refractivity contribution in [3.8, 4) is 11.8 Å². The Morgan fingerprint density at radius 2 is 1.64 bits per heavy atom. The van der Waals surface area contributed by atoms with Crippen LogP contribution in [0.4, 0.5) is 0 Å². The summed E-state index contributed by atoms with van der Waals surface area (Å²) in [6.45, 7) is 1.37. The van der Waals surface area contributed by atoms with Gasteiger partial charge in [-0.1, -0.05) is 30.0 Å². The second kappa shape index (κ2) is 13.5. The summed E-state index contributed by atoms with van der Waals surface area (Å²) in [7, 11) is 4.01. The first-order valence-corrected chi connectivity index (χ1v) is 12.1. The average molecular weight is 491 g/mol. The Morgan fingerprint density at radius 3 is 2.25 bits per heavy atom. The molecule has 0 unspecified atom stereocenters. The van der Waals surface area contributed by atoms with Gasteiger partial charge in [0.1, 0.15) is 12.6 Å². The van der Waals surface area contributed by atoms with Crippen molar-refractivity contribution in [1.82, 2.24) is 20.4 Å². The zero-order chi connectivity index (χ0) is 25.9. The molecule has 3 N–H and O–H groups in total. The minimum absolute atomic E-state index is 0.0914. The van der Waals surface area contributed by atoms with Gasteiger partial charge in [-0.2, -0.15) is 0 Å². The Balaban J connectivity index is 1.52. The molecular formula is C28H34N4O4. The molecule has 0 spiro atoms. The van der Waals surface area contributed by atoms with E-state index in [9.17, 15) is 19.5 Å². The van der Waals surface area contributed by atoms with Crippen molar-refractivity contribution < 1.29 is 19.5 Å². The molecule has 2 amide bonds. The monoisotopic (exact) mass is 490 g/mol. The number of benzene rings is 2. The molecule has 1 aliphatic rings. The fraction of sp³-hybridized carbons (Fsp3) is 0.393. The molecule has 0 radical (unpaired) electrons. The second-order valence-corrected chi connectivity index (χ2v) is 9.10. The van der Waals surface area contributed by atoms with E-state index in [0.29, 0.717) is 11.6 Å². The highest BCUT2D eigenvalue weighted by Gasteiger charge is 2.24. The van der Waals surface area contributed by atoms with Gasteiger partial charge in [-0.25, -0.2) is 0 Å². The number of piperidine rings is 1. The molecule has 190 valence electrons. The van der Waals surface area contributed by atoms with Crippen molar-refractivity contribution in [3.05, 3.63) is 71.3 Å². The molecular weight excluding hydrogens is 456 g/mol. The highest BCUT2D eigenvalue weighted by Crippen LogP contribution is 2.13. The lowest BCUT2D eigenvalue weighted by Gasteiger charge is -2.34. The van der Waals surface area contributed by atoms with Gasteiger partial charge in [0, 0.05) is 29.3 Å². The lowest BCUT2D eigenvalue weighted by atomic mass is 10.0. The van der Waals surface area contributed by atoms with E-state index in [1.807, 2.05) is 42.3 Å². The molecule has 1 heterocycles. The van der Waals surface area contributed by atoms with Crippen LogP contribution in [0.2, 0.25) is 0 Å². The van der Waals surface area contributed by atoms with Gasteiger partial charge in [0.05, 0.1) is 6.54 Å². The van der Waals surface area contributed by atoms with E-state index in [1.54, 1.807) is 24.3 Å². The fourth-order valence-corrected chi connectivity index (χ4v) is 4.03. The van der Waals surface area contributed by atoms with Crippen LogP contribution in [-0.2, 0) is 9.59 Å². The van der Waals surface area contributed by atoms with Crippen molar-refractivity contribution >= 4 is 17.6 Å². The first kappa shape index (κ1) is 27.1. The Kier molecular flexibility index (Phi) is 10.2. The van der Waals surface area contributed by atoms with Crippen LogP contribution in [0.15, 0.2) is 54.6 Å². The molecule has 1 saturated heterocycles. The number of ketones is 1. The number of rotatable bonds is 9. The third kappa shape index (κ3) is 8.31. The number of likely N-dealkylation sites (N-methyl/N-ethyl adjacent to an activating group) is 1. The van der Waals surface area contributed by atoms with E-state index >= 15 is 0 Å². The summed E-state index contributed by atoms with van der Waals surface area (Å²) in [5, 5.41) is 14.7. The van der Waals surface area contributed by atoms with Gasteiger partial charge in [-0.3, -0.25) is 19.3 Å². The minimum atomic E-state index is -1.03. The van der Waals surface area contributed by atoms with Crippen molar-refractivity contribution in [2.75, 3.05) is 46.9 Å². The Hall–Kier alpha value is -3.51. The van der Waals surface area contributed by atoms with E-state index in [-0.39, 0.29) is 19.0 Å². The summed E-state index contributed by atoms with van der Waals surface area (Å²) < 4.78 is 0. The summed E-state index contributed by atoms with van der Waals surface area (Å²) in [6, 6.07) is 15.6. The molecule has 2 aromatic carbocycles. The van der Waals surface area contributed by atoms with Crippen LogP contribution in [0.1, 0.15) is 34.3 Å². The largest absolute Gasteiger partial charge is 0.388 e. The number of amides is 2. The molecule has 8 heteroatoms. The number of hydrogen-bond donors (Lipinski definition) is 3. The molecule has 1 atom stereocenters. The Bertz CT molecular complexity index is 1080. The topological polar surface area (TPSA) is 102 Å². The van der Waals surface area contributed by atoms with Crippen molar-refractivity contribution in [2.45, 2.75) is 24.9 Å². The highest BCUT2D eigenvalue weighted by atomic mass is 16.3. The molecule has 0 aromatic heterocycles. The number of aliphatic hydroxyl groups excluding tert-OH is 1. The number of hydrogen-bond acceptors (Lipinski definition) is 6. The summed E-state index contributed by atoms with van der Waals surface area (Å²) >= 11 is 0. The minimum Gasteiger partial charge on any atom is -0.388 e. The fourth-order valence-electron chi connectivity index (χ4n) is 4.03. The van der Waals surface area contributed by atoms with E-state index in [2.05, 4.69) is 34.4 Å². The van der Waals surface area contributed by atoms with Crippen LogP contribution >= 0.6 is 0 Å². The lowest BCUT2D eigenvalue weighted by Crippen LogP contribution is -2.51. The SMILES string of the molecule is CN1CCC(N(C)CC(=O)NC[C@H](NC(=O)c2ccc(C#Cc3ccccc3)cc2)C(=O)CO)CC1. The molecule has 1 aliphatic heterocycles.